The van der Waals surface area contributed by atoms with Crippen LogP contribution in [0.3, 0.4) is 0 Å². The number of benzene rings is 1. The average Bonchev–Trinajstić information content (AvgIpc) is 2.12. The van der Waals surface area contributed by atoms with E-state index in [1.165, 1.54) is 0 Å². The highest BCUT2D eigenvalue weighted by Crippen LogP contribution is 2.28. The molecule has 0 radical (unpaired) electrons. The molecular weight excluding hydrogens is 218 g/mol. The Morgan fingerprint density at radius 1 is 1.56 bits per heavy atom. The molecule has 0 spiro atoms. The van der Waals surface area contributed by atoms with Crippen molar-refractivity contribution in [1.82, 2.24) is 0 Å². The molecule has 0 aliphatic carbocycles. The van der Waals surface area contributed by atoms with Gasteiger partial charge in [-0.25, -0.2) is 4.39 Å². The van der Waals surface area contributed by atoms with Gasteiger partial charge in [0.15, 0.2) is 0 Å². The van der Waals surface area contributed by atoms with E-state index in [0.717, 1.165) is 6.07 Å². The molecule has 0 aromatic heterocycles. The van der Waals surface area contributed by atoms with Crippen molar-refractivity contribution in [2.24, 2.45) is 0 Å². The van der Waals surface area contributed by atoms with E-state index in [4.69, 9.17) is 0 Å². The topological polar surface area (TPSA) is 55.2 Å². The highest BCUT2D eigenvalue weighted by Gasteiger charge is 2.21. The molecule has 1 aromatic carbocycles. The summed E-state index contributed by atoms with van der Waals surface area (Å²) in [5.74, 6) is -2.07. The largest absolute Gasteiger partial charge is 0.376 e. The van der Waals surface area contributed by atoms with Crippen LogP contribution >= 0.6 is 0 Å². The van der Waals surface area contributed by atoms with Crippen LogP contribution in [-0.4, -0.2) is 11.5 Å². The number of rotatable bonds is 4. The first-order chi connectivity index (χ1) is 7.41. The number of nitrogens with zero attached hydrogens (tertiary/aromatic N) is 1. The van der Waals surface area contributed by atoms with Gasteiger partial charge in [0.1, 0.15) is 11.5 Å². The SMILES string of the molecule is C=C(C)CNc1cc(F)cc(F)c1[N+](=O)[O-]. The van der Waals surface area contributed by atoms with Gasteiger partial charge in [-0.3, -0.25) is 10.1 Å². The summed E-state index contributed by atoms with van der Waals surface area (Å²) in [5, 5.41) is 13.1. The highest BCUT2D eigenvalue weighted by molar-refractivity contribution is 5.62. The van der Waals surface area contributed by atoms with Crippen LogP contribution in [0.25, 0.3) is 0 Å². The Balaban J connectivity index is 3.13. The van der Waals surface area contributed by atoms with Gasteiger partial charge >= 0.3 is 5.69 Å². The Morgan fingerprint density at radius 2 is 2.19 bits per heavy atom. The fraction of sp³-hybridized carbons (Fsp3) is 0.200. The molecule has 0 aliphatic rings. The quantitative estimate of drug-likeness (QED) is 0.489. The molecule has 0 aliphatic heterocycles. The van der Waals surface area contributed by atoms with Gasteiger partial charge in [0.2, 0.25) is 5.82 Å². The zero-order chi connectivity index (χ0) is 12.3. The van der Waals surface area contributed by atoms with E-state index in [-0.39, 0.29) is 12.2 Å². The Bertz CT molecular complexity index is 447. The molecule has 0 unspecified atom stereocenters. The minimum absolute atomic E-state index is 0.189. The molecule has 0 amide bonds. The van der Waals surface area contributed by atoms with Crippen LogP contribution < -0.4 is 5.32 Å². The van der Waals surface area contributed by atoms with Crippen molar-refractivity contribution in [3.63, 3.8) is 0 Å². The Morgan fingerprint density at radius 3 is 2.69 bits per heavy atom. The van der Waals surface area contributed by atoms with Gasteiger partial charge in [-0.15, -0.1) is 0 Å². The molecule has 0 atom stereocenters. The lowest BCUT2D eigenvalue weighted by atomic mass is 10.2. The van der Waals surface area contributed by atoms with Crippen molar-refractivity contribution < 1.29 is 13.7 Å². The average molecular weight is 228 g/mol. The first-order valence-corrected chi connectivity index (χ1v) is 4.43. The van der Waals surface area contributed by atoms with Crippen LogP contribution in [-0.2, 0) is 0 Å². The molecule has 16 heavy (non-hydrogen) atoms. The van der Waals surface area contributed by atoms with E-state index in [0.29, 0.717) is 11.6 Å². The van der Waals surface area contributed by atoms with E-state index in [1.807, 2.05) is 0 Å². The van der Waals surface area contributed by atoms with Crippen molar-refractivity contribution in [2.75, 3.05) is 11.9 Å². The molecule has 1 N–H and O–H groups in total. The molecule has 4 nitrogen and oxygen atoms in total. The molecule has 86 valence electrons. The van der Waals surface area contributed by atoms with Gasteiger partial charge in [0, 0.05) is 18.7 Å². The van der Waals surface area contributed by atoms with Crippen LogP contribution in [0.4, 0.5) is 20.2 Å². The summed E-state index contributed by atoms with van der Waals surface area (Å²) in [5.41, 5.74) is -0.257. The monoisotopic (exact) mass is 228 g/mol. The lowest BCUT2D eigenvalue weighted by Gasteiger charge is -2.07. The standard InChI is InChI=1S/C10H10F2N2O2/c1-6(2)5-13-9-4-7(11)3-8(12)10(9)14(15)16/h3-4,13H,1,5H2,2H3. The molecule has 0 fully saturated rings. The number of halogens is 2. The summed E-state index contributed by atoms with van der Waals surface area (Å²) in [6.45, 7) is 5.47. The Labute approximate surface area is 90.7 Å². The molecular formula is C10H10F2N2O2. The first-order valence-electron chi connectivity index (χ1n) is 4.43. The molecule has 0 saturated heterocycles. The maximum atomic E-state index is 13.1. The first kappa shape index (κ1) is 12.1. The van der Waals surface area contributed by atoms with Gasteiger partial charge < -0.3 is 5.32 Å². The second kappa shape index (κ2) is 4.69. The maximum absolute atomic E-state index is 13.1. The van der Waals surface area contributed by atoms with Gasteiger partial charge in [-0.1, -0.05) is 12.2 Å². The van der Waals surface area contributed by atoms with Gasteiger partial charge in [0.05, 0.1) is 4.92 Å². The van der Waals surface area contributed by atoms with Crippen LogP contribution in [0.15, 0.2) is 24.3 Å². The third-order valence-corrected chi connectivity index (χ3v) is 1.79. The van der Waals surface area contributed by atoms with E-state index in [9.17, 15) is 18.9 Å². The summed E-state index contributed by atoms with van der Waals surface area (Å²) in [7, 11) is 0. The van der Waals surface area contributed by atoms with Crippen molar-refractivity contribution >= 4 is 11.4 Å². The summed E-state index contributed by atoms with van der Waals surface area (Å²) in [6.07, 6.45) is 0. The molecule has 6 heteroatoms. The zero-order valence-electron chi connectivity index (χ0n) is 8.59. The van der Waals surface area contributed by atoms with Gasteiger partial charge in [-0.2, -0.15) is 4.39 Å². The third-order valence-electron chi connectivity index (χ3n) is 1.79. The minimum atomic E-state index is -1.20. The van der Waals surface area contributed by atoms with E-state index < -0.39 is 22.2 Å². The number of hydrogen-bond acceptors (Lipinski definition) is 3. The predicted molar refractivity (Wildman–Crippen MR) is 56.3 cm³/mol. The Hall–Kier alpha value is -1.98. The van der Waals surface area contributed by atoms with E-state index >= 15 is 0 Å². The van der Waals surface area contributed by atoms with Crippen molar-refractivity contribution in [3.8, 4) is 0 Å². The summed E-state index contributed by atoms with van der Waals surface area (Å²) in [4.78, 5) is 9.69. The van der Waals surface area contributed by atoms with Crippen molar-refractivity contribution in [3.05, 3.63) is 46.0 Å². The predicted octanol–water partition coefficient (Wildman–Crippen LogP) is 2.86. The second-order valence-electron chi connectivity index (χ2n) is 3.35. The molecule has 0 saturated carbocycles. The number of hydrogen-bond donors (Lipinski definition) is 1. The van der Waals surface area contributed by atoms with Crippen molar-refractivity contribution in [1.29, 1.82) is 0 Å². The molecule has 0 heterocycles. The lowest BCUT2D eigenvalue weighted by Crippen LogP contribution is -2.06. The van der Waals surface area contributed by atoms with Crippen LogP contribution in [0.1, 0.15) is 6.92 Å². The number of nitrogens with one attached hydrogen (secondary N) is 1. The van der Waals surface area contributed by atoms with E-state index in [1.54, 1.807) is 6.92 Å². The smallest absolute Gasteiger partial charge is 0.327 e. The number of nitro groups is 1. The maximum Gasteiger partial charge on any atom is 0.327 e. The summed E-state index contributed by atoms with van der Waals surface area (Å²) < 4.78 is 26.0. The van der Waals surface area contributed by atoms with Gasteiger partial charge in [0.25, 0.3) is 0 Å². The Kier molecular flexibility index (Phi) is 3.55. The summed E-state index contributed by atoms with van der Waals surface area (Å²) >= 11 is 0. The minimum Gasteiger partial charge on any atom is -0.376 e. The molecule has 1 rings (SSSR count). The fourth-order valence-corrected chi connectivity index (χ4v) is 1.13. The number of anilines is 1. The van der Waals surface area contributed by atoms with Crippen LogP contribution in [0.5, 0.6) is 0 Å². The second-order valence-corrected chi connectivity index (χ2v) is 3.35. The van der Waals surface area contributed by atoms with E-state index in [2.05, 4.69) is 11.9 Å². The van der Waals surface area contributed by atoms with Gasteiger partial charge in [-0.05, 0) is 6.92 Å². The van der Waals surface area contributed by atoms with Crippen LogP contribution in [0, 0.1) is 21.7 Å². The zero-order valence-corrected chi connectivity index (χ0v) is 8.59. The third kappa shape index (κ3) is 2.75. The molecule has 1 aromatic rings. The lowest BCUT2D eigenvalue weighted by molar-refractivity contribution is -0.386. The highest BCUT2D eigenvalue weighted by atomic mass is 19.1. The summed E-state index contributed by atoms with van der Waals surface area (Å²) in [6, 6.07) is 1.36. The van der Waals surface area contributed by atoms with Crippen LogP contribution in [0.2, 0.25) is 0 Å². The van der Waals surface area contributed by atoms with Crippen molar-refractivity contribution in [2.45, 2.75) is 6.92 Å². The number of nitro benzene ring substituents is 1. The fourth-order valence-electron chi connectivity index (χ4n) is 1.13. The normalized spacial score (nSPS) is 9.94. The molecule has 0 bridgehead atoms.